The standard InChI is InChI=1S/C7H9N3O2S2/c1-5(11)9-10-4-6(3-8)13-7(10)14(2)12/h4,7H,1-2H3,(H,9,11). The maximum absolute atomic E-state index is 11.3. The molecule has 0 bridgehead atoms. The van der Waals surface area contributed by atoms with Gasteiger partial charge in [0.1, 0.15) is 11.0 Å². The van der Waals surface area contributed by atoms with Crippen molar-refractivity contribution in [3.63, 3.8) is 0 Å². The van der Waals surface area contributed by atoms with Crippen LogP contribution in [0.15, 0.2) is 11.1 Å². The first-order valence-electron chi connectivity index (χ1n) is 3.71. The van der Waals surface area contributed by atoms with Crippen LogP contribution in [0.3, 0.4) is 0 Å². The van der Waals surface area contributed by atoms with Gasteiger partial charge in [-0.2, -0.15) is 5.26 Å². The summed E-state index contributed by atoms with van der Waals surface area (Å²) >= 11 is 0.0412. The highest BCUT2D eigenvalue weighted by Crippen LogP contribution is 2.33. The Hall–Kier alpha value is -0.840. The van der Waals surface area contributed by atoms with Gasteiger partial charge in [-0.05, 0) is 22.9 Å². The first-order valence-corrected chi connectivity index (χ1v) is 6.21. The molecule has 1 heterocycles. The number of hydrogen-bond donors (Lipinski definition) is 1. The number of hydrogen-bond acceptors (Lipinski definition) is 5. The number of nitriles is 1. The highest BCUT2D eigenvalue weighted by molar-refractivity contribution is 8.15. The van der Waals surface area contributed by atoms with E-state index in [1.165, 1.54) is 36.2 Å². The number of thioether (sulfide) groups is 1. The van der Waals surface area contributed by atoms with Gasteiger partial charge in [0.25, 0.3) is 4.71 Å². The van der Waals surface area contributed by atoms with E-state index in [2.05, 4.69) is 5.43 Å². The van der Waals surface area contributed by atoms with Crippen LogP contribution in [0.2, 0.25) is 0 Å². The largest absolute Gasteiger partial charge is 0.614 e. The molecule has 0 spiro atoms. The molecule has 1 aliphatic heterocycles. The summed E-state index contributed by atoms with van der Waals surface area (Å²) in [6.45, 7) is 1.36. The molecule has 0 saturated heterocycles. The number of hydrazine groups is 1. The second-order valence-electron chi connectivity index (χ2n) is 2.60. The lowest BCUT2D eigenvalue weighted by atomic mass is 10.6. The molecule has 14 heavy (non-hydrogen) atoms. The molecule has 1 rings (SSSR count). The number of carbonyl (C=O) groups excluding carboxylic acids is 1. The number of allylic oxidation sites excluding steroid dienone is 1. The third-order valence-corrected chi connectivity index (χ3v) is 4.17. The molecular weight excluding hydrogens is 222 g/mol. The van der Waals surface area contributed by atoms with Crippen molar-refractivity contribution in [2.24, 2.45) is 0 Å². The van der Waals surface area contributed by atoms with Crippen molar-refractivity contribution in [3.8, 4) is 6.07 Å². The van der Waals surface area contributed by atoms with E-state index >= 15 is 0 Å². The van der Waals surface area contributed by atoms with Gasteiger partial charge in [-0.1, -0.05) is 0 Å². The Kier molecular flexibility index (Phi) is 3.69. The summed E-state index contributed by atoms with van der Waals surface area (Å²) in [6, 6.07) is 1.95. The maximum atomic E-state index is 11.3. The zero-order valence-corrected chi connectivity index (χ0v) is 9.32. The molecule has 76 valence electrons. The second kappa shape index (κ2) is 4.59. The molecular formula is C7H9N3O2S2. The lowest BCUT2D eigenvalue weighted by molar-refractivity contribution is -0.122. The van der Waals surface area contributed by atoms with Gasteiger partial charge in [0.2, 0.25) is 5.91 Å². The van der Waals surface area contributed by atoms with Crippen LogP contribution in [0.4, 0.5) is 0 Å². The number of carbonyl (C=O) groups is 1. The molecule has 1 amide bonds. The minimum Gasteiger partial charge on any atom is -0.614 e. The maximum Gasteiger partial charge on any atom is 0.257 e. The van der Waals surface area contributed by atoms with E-state index in [-0.39, 0.29) is 5.91 Å². The Morgan fingerprint density at radius 3 is 3.00 bits per heavy atom. The average Bonchev–Trinajstić information content (AvgIpc) is 2.46. The van der Waals surface area contributed by atoms with Crippen molar-refractivity contribution in [2.45, 2.75) is 11.6 Å². The van der Waals surface area contributed by atoms with Crippen LogP contribution in [0, 0.1) is 11.3 Å². The van der Waals surface area contributed by atoms with E-state index in [1.54, 1.807) is 0 Å². The zero-order valence-electron chi connectivity index (χ0n) is 7.68. The highest BCUT2D eigenvalue weighted by atomic mass is 32.3. The Balaban J connectivity index is 2.73. The minimum absolute atomic E-state index is 0.253. The van der Waals surface area contributed by atoms with E-state index in [9.17, 15) is 9.35 Å². The quantitative estimate of drug-likeness (QED) is 0.682. The fourth-order valence-corrected chi connectivity index (χ4v) is 2.89. The van der Waals surface area contributed by atoms with E-state index in [4.69, 9.17) is 5.26 Å². The summed E-state index contributed by atoms with van der Waals surface area (Å²) in [4.78, 5) is 11.2. The van der Waals surface area contributed by atoms with Gasteiger partial charge in [-0.15, -0.1) is 0 Å². The minimum atomic E-state index is -1.14. The highest BCUT2D eigenvalue weighted by Gasteiger charge is 2.33. The van der Waals surface area contributed by atoms with Crippen LogP contribution in [-0.2, 0) is 16.0 Å². The van der Waals surface area contributed by atoms with E-state index in [1.807, 2.05) is 6.07 Å². The molecule has 0 aromatic carbocycles. The van der Waals surface area contributed by atoms with Gasteiger partial charge in [-0.3, -0.25) is 10.2 Å². The summed E-state index contributed by atoms with van der Waals surface area (Å²) < 4.78 is 10.8. The molecule has 0 saturated carbocycles. The third kappa shape index (κ3) is 2.57. The molecule has 0 aliphatic carbocycles. The van der Waals surface area contributed by atoms with Crippen LogP contribution in [-0.4, -0.2) is 26.4 Å². The topological polar surface area (TPSA) is 79.2 Å². The fraction of sp³-hybridized carbons (Fsp3) is 0.429. The SMILES string of the molecule is CC(=O)NN1C=C(C#N)SC1[S+](C)[O-]. The molecule has 5 nitrogen and oxygen atoms in total. The number of amides is 1. The fourth-order valence-electron chi connectivity index (χ4n) is 0.933. The first kappa shape index (κ1) is 11.2. The molecule has 0 radical (unpaired) electrons. The number of nitrogens with one attached hydrogen (secondary N) is 1. The molecule has 1 N–H and O–H groups in total. The smallest absolute Gasteiger partial charge is 0.257 e. The predicted molar refractivity (Wildman–Crippen MR) is 54.8 cm³/mol. The van der Waals surface area contributed by atoms with Gasteiger partial charge in [0.15, 0.2) is 0 Å². The van der Waals surface area contributed by atoms with Crippen molar-refractivity contribution < 1.29 is 9.35 Å². The number of rotatable bonds is 2. The number of nitrogens with zero attached hydrogens (tertiary/aromatic N) is 2. The van der Waals surface area contributed by atoms with Gasteiger partial charge in [-0.25, -0.2) is 5.01 Å². The first-order chi connectivity index (χ1) is 6.54. The van der Waals surface area contributed by atoms with Crippen LogP contribution in [0.25, 0.3) is 0 Å². The lowest BCUT2D eigenvalue weighted by Crippen LogP contribution is -2.43. The Bertz CT molecular complexity index is 311. The molecule has 0 fully saturated rings. The zero-order chi connectivity index (χ0) is 10.7. The van der Waals surface area contributed by atoms with Crippen LogP contribution in [0.1, 0.15) is 6.92 Å². The van der Waals surface area contributed by atoms with Crippen LogP contribution >= 0.6 is 11.8 Å². The Morgan fingerprint density at radius 1 is 1.93 bits per heavy atom. The van der Waals surface area contributed by atoms with Gasteiger partial charge < -0.3 is 4.55 Å². The van der Waals surface area contributed by atoms with Crippen LogP contribution < -0.4 is 5.43 Å². The Labute approximate surface area is 89.3 Å². The Morgan fingerprint density at radius 2 is 2.57 bits per heavy atom. The summed E-state index contributed by atoms with van der Waals surface area (Å²) in [5.41, 5.74) is 2.49. The van der Waals surface area contributed by atoms with Gasteiger partial charge in [0, 0.05) is 6.92 Å². The summed E-state index contributed by atoms with van der Waals surface area (Å²) in [7, 11) is 0. The van der Waals surface area contributed by atoms with Crippen molar-refractivity contribution in [1.82, 2.24) is 10.4 Å². The summed E-state index contributed by atoms with van der Waals surface area (Å²) in [5.74, 6) is -0.253. The lowest BCUT2D eigenvalue weighted by Gasteiger charge is -2.23. The van der Waals surface area contributed by atoms with Crippen LogP contribution in [0.5, 0.6) is 0 Å². The van der Waals surface area contributed by atoms with Crippen molar-refractivity contribution in [3.05, 3.63) is 11.1 Å². The monoisotopic (exact) mass is 231 g/mol. The van der Waals surface area contributed by atoms with Crippen molar-refractivity contribution >= 4 is 28.8 Å². The summed E-state index contributed by atoms with van der Waals surface area (Å²) in [5, 5.41) is 10.0. The van der Waals surface area contributed by atoms with Crippen molar-refractivity contribution in [2.75, 3.05) is 6.26 Å². The molecule has 1 aliphatic rings. The molecule has 2 atom stereocenters. The normalized spacial score (nSPS) is 22.6. The predicted octanol–water partition coefficient (Wildman–Crippen LogP) is 0.113. The van der Waals surface area contributed by atoms with E-state index in [0.717, 1.165) is 0 Å². The van der Waals surface area contributed by atoms with Crippen molar-refractivity contribution in [1.29, 1.82) is 5.26 Å². The van der Waals surface area contributed by atoms with E-state index < -0.39 is 15.9 Å². The average molecular weight is 231 g/mol. The molecule has 0 aromatic heterocycles. The molecule has 2 unspecified atom stereocenters. The van der Waals surface area contributed by atoms with Gasteiger partial charge >= 0.3 is 0 Å². The van der Waals surface area contributed by atoms with Gasteiger partial charge in [0.05, 0.1) is 12.5 Å². The molecule has 0 aromatic rings. The second-order valence-corrected chi connectivity index (χ2v) is 5.47. The van der Waals surface area contributed by atoms with E-state index in [0.29, 0.717) is 4.91 Å². The third-order valence-electron chi connectivity index (χ3n) is 1.39. The summed E-state index contributed by atoms with van der Waals surface area (Å²) in [6.07, 6.45) is 3.01. The molecule has 7 heteroatoms.